The van der Waals surface area contributed by atoms with Gasteiger partial charge in [0.15, 0.2) is 11.0 Å². The molecule has 2 aromatic rings. The van der Waals surface area contributed by atoms with Gasteiger partial charge in [-0.05, 0) is 5.92 Å². The van der Waals surface area contributed by atoms with Gasteiger partial charge in [0.1, 0.15) is 5.82 Å². The van der Waals surface area contributed by atoms with Crippen molar-refractivity contribution >= 4 is 16.5 Å². The molecule has 6 heteroatoms. The number of thiazole rings is 1. The third kappa shape index (κ3) is 2.79. The Morgan fingerprint density at radius 3 is 2.88 bits per heavy atom. The van der Waals surface area contributed by atoms with E-state index in [-0.39, 0.29) is 0 Å². The van der Waals surface area contributed by atoms with Gasteiger partial charge in [0, 0.05) is 11.8 Å². The van der Waals surface area contributed by atoms with Crippen molar-refractivity contribution in [2.45, 2.75) is 26.7 Å². The quantitative estimate of drug-likeness (QED) is 0.847. The number of aromatic amines is 1. The van der Waals surface area contributed by atoms with Crippen LogP contribution in [0, 0.1) is 5.92 Å². The Morgan fingerprint density at radius 2 is 2.25 bits per heavy atom. The number of nitrogens with two attached hydrogens (primary N) is 1. The number of hydrogen-bond donors (Lipinski definition) is 2. The van der Waals surface area contributed by atoms with Crippen LogP contribution in [0.15, 0.2) is 5.38 Å². The van der Waals surface area contributed by atoms with Crippen LogP contribution in [0.4, 0.5) is 5.13 Å². The number of aromatic nitrogens is 4. The molecule has 0 unspecified atom stereocenters. The van der Waals surface area contributed by atoms with Gasteiger partial charge in [-0.2, -0.15) is 5.10 Å². The van der Waals surface area contributed by atoms with Gasteiger partial charge in [-0.25, -0.2) is 9.97 Å². The van der Waals surface area contributed by atoms with Crippen molar-refractivity contribution in [1.82, 2.24) is 20.2 Å². The van der Waals surface area contributed by atoms with Gasteiger partial charge in [0.05, 0.1) is 12.1 Å². The molecule has 5 nitrogen and oxygen atoms in total. The van der Waals surface area contributed by atoms with Gasteiger partial charge in [-0.3, -0.25) is 5.10 Å². The number of anilines is 1. The molecule has 2 aromatic heterocycles. The summed E-state index contributed by atoms with van der Waals surface area (Å²) in [6, 6.07) is 0. The van der Waals surface area contributed by atoms with E-state index in [4.69, 9.17) is 5.73 Å². The minimum absolute atomic E-state index is 0.568. The van der Waals surface area contributed by atoms with Crippen LogP contribution in [0.1, 0.15) is 31.2 Å². The predicted octanol–water partition coefficient (Wildman–Crippen LogP) is 1.63. The van der Waals surface area contributed by atoms with Crippen LogP contribution in [-0.2, 0) is 12.8 Å². The Morgan fingerprint density at radius 1 is 1.44 bits per heavy atom. The lowest BCUT2D eigenvalue weighted by atomic mass is 10.1. The second-order valence-corrected chi connectivity index (χ2v) is 5.04. The first-order valence-corrected chi connectivity index (χ1v) is 6.11. The van der Waals surface area contributed by atoms with Crippen LogP contribution in [0.2, 0.25) is 0 Å². The van der Waals surface area contributed by atoms with Gasteiger partial charge in [-0.1, -0.05) is 13.8 Å². The first-order chi connectivity index (χ1) is 7.63. The fraction of sp³-hybridized carbons (Fsp3) is 0.500. The fourth-order valence-electron chi connectivity index (χ4n) is 1.45. The minimum atomic E-state index is 0.568. The molecule has 86 valence electrons. The van der Waals surface area contributed by atoms with Crippen LogP contribution in [-0.4, -0.2) is 20.2 Å². The summed E-state index contributed by atoms with van der Waals surface area (Å²) in [5.74, 6) is 2.28. The smallest absolute Gasteiger partial charge is 0.180 e. The van der Waals surface area contributed by atoms with Crippen molar-refractivity contribution in [1.29, 1.82) is 0 Å². The molecule has 0 aromatic carbocycles. The summed E-state index contributed by atoms with van der Waals surface area (Å²) < 4.78 is 0. The molecule has 2 rings (SSSR count). The van der Waals surface area contributed by atoms with Gasteiger partial charge in [-0.15, -0.1) is 11.3 Å². The summed E-state index contributed by atoms with van der Waals surface area (Å²) in [5.41, 5.74) is 6.50. The molecule has 3 N–H and O–H groups in total. The first kappa shape index (κ1) is 11.1. The van der Waals surface area contributed by atoms with Crippen LogP contribution in [0.3, 0.4) is 0 Å². The molecule has 2 heterocycles. The maximum atomic E-state index is 5.56. The Bertz CT molecular complexity index is 459. The molecule has 16 heavy (non-hydrogen) atoms. The lowest BCUT2D eigenvalue weighted by Gasteiger charge is -1.96. The van der Waals surface area contributed by atoms with Crippen LogP contribution >= 0.6 is 11.3 Å². The second kappa shape index (κ2) is 4.61. The molecule has 0 spiro atoms. The summed E-state index contributed by atoms with van der Waals surface area (Å²) in [6.45, 7) is 4.30. The van der Waals surface area contributed by atoms with E-state index in [0.717, 1.165) is 23.8 Å². The lowest BCUT2D eigenvalue weighted by Crippen LogP contribution is -1.96. The highest BCUT2D eigenvalue weighted by Crippen LogP contribution is 2.13. The maximum Gasteiger partial charge on any atom is 0.180 e. The largest absolute Gasteiger partial charge is 0.375 e. The van der Waals surface area contributed by atoms with E-state index in [0.29, 0.717) is 17.5 Å². The zero-order valence-corrected chi connectivity index (χ0v) is 10.2. The van der Waals surface area contributed by atoms with Crippen molar-refractivity contribution < 1.29 is 0 Å². The summed E-state index contributed by atoms with van der Waals surface area (Å²) in [7, 11) is 0. The molecule has 0 radical (unpaired) electrons. The number of H-pyrrole nitrogens is 1. The SMILES string of the molecule is CC(C)Cc1n[nH]c(Cc2csc(N)n2)n1. The number of hydrogen-bond acceptors (Lipinski definition) is 5. The molecule has 0 aliphatic heterocycles. The van der Waals surface area contributed by atoms with Crippen molar-refractivity contribution in [2.75, 3.05) is 5.73 Å². The van der Waals surface area contributed by atoms with Gasteiger partial charge < -0.3 is 5.73 Å². The summed E-state index contributed by atoms with van der Waals surface area (Å²) >= 11 is 1.45. The normalized spacial score (nSPS) is 11.2. The van der Waals surface area contributed by atoms with Crippen LogP contribution < -0.4 is 5.73 Å². The van der Waals surface area contributed by atoms with E-state index in [1.807, 2.05) is 5.38 Å². The van der Waals surface area contributed by atoms with Crippen molar-refractivity contribution in [3.05, 3.63) is 22.7 Å². The zero-order valence-electron chi connectivity index (χ0n) is 9.40. The Hall–Kier alpha value is -1.43. The average molecular weight is 237 g/mol. The van der Waals surface area contributed by atoms with E-state index >= 15 is 0 Å². The molecular formula is C10H15N5S. The highest BCUT2D eigenvalue weighted by atomic mass is 32.1. The number of nitrogens with one attached hydrogen (secondary N) is 1. The van der Waals surface area contributed by atoms with E-state index in [1.54, 1.807) is 0 Å². The van der Waals surface area contributed by atoms with Gasteiger partial charge >= 0.3 is 0 Å². The molecular weight excluding hydrogens is 222 g/mol. The predicted molar refractivity (Wildman–Crippen MR) is 64.3 cm³/mol. The first-order valence-electron chi connectivity index (χ1n) is 5.23. The number of nitrogen functional groups attached to an aromatic ring is 1. The Balaban J connectivity index is 2.02. The molecule has 0 amide bonds. The summed E-state index contributed by atoms with van der Waals surface area (Å²) in [4.78, 5) is 8.60. The molecule has 0 bridgehead atoms. The highest BCUT2D eigenvalue weighted by Gasteiger charge is 2.07. The molecule has 0 aliphatic carbocycles. The molecule has 0 saturated heterocycles. The van der Waals surface area contributed by atoms with Crippen molar-refractivity contribution in [3.63, 3.8) is 0 Å². The van der Waals surface area contributed by atoms with E-state index in [1.165, 1.54) is 11.3 Å². The Kier molecular flexibility index (Phi) is 3.19. The summed E-state index contributed by atoms with van der Waals surface area (Å²) in [5, 5.41) is 9.64. The molecule has 0 fully saturated rings. The maximum absolute atomic E-state index is 5.56. The number of rotatable bonds is 4. The van der Waals surface area contributed by atoms with E-state index in [9.17, 15) is 0 Å². The highest BCUT2D eigenvalue weighted by molar-refractivity contribution is 7.13. The average Bonchev–Trinajstić information content (AvgIpc) is 2.76. The Labute approximate surface area is 98.1 Å². The topological polar surface area (TPSA) is 80.5 Å². The summed E-state index contributed by atoms with van der Waals surface area (Å²) in [6.07, 6.45) is 1.56. The van der Waals surface area contributed by atoms with E-state index < -0.39 is 0 Å². The lowest BCUT2D eigenvalue weighted by molar-refractivity contribution is 0.622. The molecule has 0 aliphatic rings. The third-order valence-corrected chi connectivity index (χ3v) is 2.81. The zero-order chi connectivity index (χ0) is 11.5. The van der Waals surface area contributed by atoms with Crippen molar-refractivity contribution in [3.8, 4) is 0 Å². The number of nitrogens with zero attached hydrogens (tertiary/aromatic N) is 3. The second-order valence-electron chi connectivity index (χ2n) is 4.15. The minimum Gasteiger partial charge on any atom is -0.375 e. The van der Waals surface area contributed by atoms with Crippen molar-refractivity contribution in [2.24, 2.45) is 5.92 Å². The van der Waals surface area contributed by atoms with Gasteiger partial charge in [0.25, 0.3) is 0 Å². The van der Waals surface area contributed by atoms with E-state index in [2.05, 4.69) is 34.0 Å². The van der Waals surface area contributed by atoms with Crippen LogP contribution in [0.5, 0.6) is 0 Å². The molecule has 0 atom stereocenters. The van der Waals surface area contributed by atoms with Crippen LogP contribution in [0.25, 0.3) is 0 Å². The standard InChI is InChI=1S/C10H15N5S/c1-6(2)3-8-13-9(15-14-8)4-7-5-16-10(11)12-7/h5-6H,3-4H2,1-2H3,(H2,11,12)(H,13,14,15). The van der Waals surface area contributed by atoms with Gasteiger partial charge in [0.2, 0.25) is 0 Å². The monoisotopic (exact) mass is 237 g/mol. The fourth-order valence-corrected chi connectivity index (χ4v) is 2.01. The third-order valence-electron chi connectivity index (χ3n) is 2.09. The molecule has 0 saturated carbocycles.